The molecular formula is C30H17N5O2. The maximum Gasteiger partial charge on any atom is 0.234 e. The first-order valence-corrected chi connectivity index (χ1v) is 11.9. The van der Waals surface area contributed by atoms with Crippen molar-refractivity contribution in [2.45, 2.75) is 0 Å². The topological polar surface area (TPSA) is 82.8 Å². The lowest BCUT2D eigenvalue weighted by molar-refractivity contribution is 0.619. The lowest BCUT2D eigenvalue weighted by atomic mass is 10.1. The van der Waals surface area contributed by atoms with Gasteiger partial charge in [-0.3, -0.25) is 4.57 Å². The first-order chi connectivity index (χ1) is 18.3. The summed E-state index contributed by atoms with van der Waals surface area (Å²) in [5.41, 5.74) is 6.93. The Hall–Kier alpha value is -5.30. The van der Waals surface area contributed by atoms with E-state index < -0.39 is 0 Å². The standard InChI is InChI=1S/C30H17N5O2/c1-3-8-26-22(6-1)33-28(36-26)18-10-12-24-20(16-18)21-17-19(29-34-23-7-2-4-9-27(23)37-29)11-13-25(21)35(24)30-31-14-5-15-32-30/h1-17H. The largest absolute Gasteiger partial charge is 0.436 e. The zero-order valence-electron chi connectivity index (χ0n) is 19.4. The molecule has 0 atom stereocenters. The van der Waals surface area contributed by atoms with Crippen LogP contribution in [0.2, 0.25) is 0 Å². The smallest absolute Gasteiger partial charge is 0.234 e. The van der Waals surface area contributed by atoms with Crippen LogP contribution in [0.15, 0.2) is 112 Å². The van der Waals surface area contributed by atoms with Crippen LogP contribution in [0.1, 0.15) is 0 Å². The van der Waals surface area contributed by atoms with Crippen LogP contribution < -0.4 is 0 Å². The quantitative estimate of drug-likeness (QED) is 0.267. The fraction of sp³-hybridized carbons (Fsp3) is 0. The molecular weight excluding hydrogens is 462 g/mol. The van der Waals surface area contributed by atoms with Crippen molar-refractivity contribution in [1.82, 2.24) is 24.5 Å². The molecule has 174 valence electrons. The van der Waals surface area contributed by atoms with Gasteiger partial charge in [0.15, 0.2) is 11.2 Å². The van der Waals surface area contributed by atoms with Gasteiger partial charge in [-0.05, 0) is 66.7 Å². The summed E-state index contributed by atoms with van der Waals surface area (Å²) in [7, 11) is 0. The number of benzene rings is 4. The van der Waals surface area contributed by atoms with Gasteiger partial charge in [-0.15, -0.1) is 0 Å². The highest BCUT2D eigenvalue weighted by Gasteiger charge is 2.18. The summed E-state index contributed by atoms with van der Waals surface area (Å²) in [6, 6.07) is 29.8. The number of oxazole rings is 2. The Labute approximate surface area is 209 Å². The lowest BCUT2D eigenvalue weighted by Crippen LogP contribution is -1.99. The third-order valence-corrected chi connectivity index (χ3v) is 6.60. The summed E-state index contributed by atoms with van der Waals surface area (Å²) in [5.74, 6) is 1.76. The molecule has 7 nitrogen and oxygen atoms in total. The van der Waals surface area contributed by atoms with Crippen molar-refractivity contribution in [1.29, 1.82) is 0 Å². The summed E-state index contributed by atoms with van der Waals surface area (Å²) in [5, 5.41) is 2.06. The van der Waals surface area contributed by atoms with Gasteiger partial charge in [-0.1, -0.05) is 24.3 Å². The molecule has 8 rings (SSSR count). The monoisotopic (exact) mass is 479 g/mol. The molecule has 0 aliphatic heterocycles. The molecule has 0 spiro atoms. The summed E-state index contributed by atoms with van der Waals surface area (Å²) < 4.78 is 14.2. The second kappa shape index (κ2) is 7.60. The van der Waals surface area contributed by atoms with Gasteiger partial charge >= 0.3 is 0 Å². The van der Waals surface area contributed by atoms with E-state index in [1.54, 1.807) is 12.4 Å². The third-order valence-electron chi connectivity index (χ3n) is 6.60. The second-order valence-corrected chi connectivity index (χ2v) is 8.82. The Morgan fingerprint density at radius 3 is 1.57 bits per heavy atom. The summed E-state index contributed by atoms with van der Waals surface area (Å²) in [4.78, 5) is 18.5. The minimum absolute atomic E-state index is 0.579. The van der Waals surface area contributed by atoms with Gasteiger partial charge in [0, 0.05) is 34.3 Å². The Bertz CT molecular complexity index is 1910. The Kier molecular flexibility index (Phi) is 4.10. The average molecular weight is 479 g/mol. The van der Waals surface area contributed by atoms with E-state index in [0.29, 0.717) is 17.7 Å². The van der Waals surface area contributed by atoms with Crippen molar-refractivity contribution in [2.75, 3.05) is 0 Å². The number of rotatable bonds is 3. The molecule has 8 aromatic rings. The first-order valence-electron chi connectivity index (χ1n) is 11.9. The van der Waals surface area contributed by atoms with Crippen LogP contribution in [0.5, 0.6) is 0 Å². The number of para-hydroxylation sites is 4. The molecule has 0 saturated heterocycles. The van der Waals surface area contributed by atoms with Crippen molar-refractivity contribution < 1.29 is 8.83 Å². The van der Waals surface area contributed by atoms with Gasteiger partial charge in [0.2, 0.25) is 17.7 Å². The van der Waals surface area contributed by atoms with Crippen molar-refractivity contribution in [3.05, 3.63) is 103 Å². The van der Waals surface area contributed by atoms with Crippen LogP contribution in [-0.4, -0.2) is 24.5 Å². The van der Waals surface area contributed by atoms with E-state index in [2.05, 4.69) is 38.8 Å². The van der Waals surface area contributed by atoms with E-state index in [1.165, 1.54) is 0 Å². The molecule has 0 radical (unpaired) electrons. The fourth-order valence-electron chi connectivity index (χ4n) is 4.90. The molecule has 4 aromatic carbocycles. The molecule has 4 aromatic heterocycles. The zero-order chi connectivity index (χ0) is 24.3. The van der Waals surface area contributed by atoms with Crippen molar-refractivity contribution in [2.24, 2.45) is 0 Å². The fourth-order valence-corrected chi connectivity index (χ4v) is 4.90. The van der Waals surface area contributed by atoms with E-state index in [4.69, 9.17) is 18.8 Å². The normalized spacial score (nSPS) is 11.8. The van der Waals surface area contributed by atoms with Gasteiger partial charge < -0.3 is 8.83 Å². The van der Waals surface area contributed by atoms with Gasteiger partial charge in [0.25, 0.3) is 0 Å². The number of nitrogens with zero attached hydrogens (tertiary/aromatic N) is 5. The van der Waals surface area contributed by atoms with Gasteiger partial charge in [-0.25, -0.2) is 19.9 Å². The molecule has 37 heavy (non-hydrogen) atoms. The molecule has 4 heterocycles. The van der Waals surface area contributed by atoms with Gasteiger partial charge in [-0.2, -0.15) is 0 Å². The Balaban J connectivity index is 1.39. The molecule has 0 fully saturated rings. The van der Waals surface area contributed by atoms with Crippen LogP contribution in [0.4, 0.5) is 0 Å². The highest BCUT2D eigenvalue weighted by molar-refractivity contribution is 6.11. The van der Waals surface area contributed by atoms with Crippen molar-refractivity contribution >= 4 is 44.0 Å². The van der Waals surface area contributed by atoms with Gasteiger partial charge in [0.1, 0.15) is 11.0 Å². The van der Waals surface area contributed by atoms with Crippen LogP contribution in [0, 0.1) is 0 Å². The highest BCUT2D eigenvalue weighted by atomic mass is 16.4. The van der Waals surface area contributed by atoms with Crippen molar-refractivity contribution in [3.8, 4) is 28.9 Å². The zero-order valence-corrected chi connectivity index (χ0v) is 19.4. The molecule has 0 unspecified atom stereocenters. The average Bonchev–Trinajstić information content (AvgIpc) is 3.66. The summed E-state index contributed by atoms with van der Waals surface area (Å²) in [6.45, 7) is 0. The van der Waals surface area contributed by atoms with Crippen LogP contribution in [-0.2, 0) is 0 Å². The molecule has 0 saturated carbocycles. The summed E-state index contributed by atoms with van der Waals surface area (Å²) in [6.07, 6.45) is 3.50. The number of fused-ring (bicyclic) bond motifs is 5. The van der Waals surface area contributed by atoms with E-state index in [1.807, 2.05) is 66.7 Å². The maximum atomic E-state index is 6.07. The molecule has 0 amide bonds. The van der Waals surface area contributed by atoms with E-state index >= 15 is 0 Å². The molecule has 0 bridgehead atoms. The predicted octanol–water partition coefficient (Wildman–Crippen LogP) is 7.19. The lowest BCUT2D eigenvalue weighted by Gasteiger charge is -2.05. The number of aromatic nitrogens is 5. The molecule has 0 aliphatic carbocycles. The van der Waals surface area contributed by atoms with E-state index in [-0.39, 0.29) is 0 Å². The molecule has 7 heteroatoms. The Morgan fingerprint density at radius 1 is 0.541 bits per heavy atom. The number of hydrogen-bond donors (Lipinski definition) is 0. The van der Waals surface area contributed by atoms with E-state index in [9.17, 15) is 0 Å². The second-order valence-electron chi connectivity index (χ2n) is 8.82. The van der Waals surface area contributed by atoms with Crippen LogP contribution >= 0.6 is 0 Å². The minimum Gasteiger partial charge on any atom is -0.436 e. The summed E-state index contributed by atoms with van der Waals surface area (Å²) >= 11 is 0. The number of hydrogen-bond acceptors (Lipinski definition) is 6. The SMILES string of the molecule is c1cnc(-n2c3ccc(-c4nc5ccccc5o4)cc3c3cc(-c4nc5ccccc5o4)ccc32)nc1. The van der Waals surface area contributed by atoms with Crippen LogP contribution in [0.25, 0.3) is 72.9 Å². The third kappa shape index (κ3) is 3.07. The highest BCUT2D eigenvalue weighted by Crippen LogP contribution is 2.37. The minimum atomic E-state index is 0.579. The first kappa shape index (κ1) is 19.9. The maximum absolute atomic E-state index is 6.07. The molecule has 0 N–H and O–H groups in total. The van der Waals surface area contributed by atoms with E-state index in [0.717, 1.165) is 55.1 Å². The molecule has 0 aliphatic rings. The van der Waals surface area contributed by atoms with Crippen molar-refractivity contribution in [3.63, 3.8) is 0 Å². The predicted molar refractivity (Wildman–Crippen MR) is 142 cm³/mol. The Morgan fingerprint density at radius 2 is 1.05 bits per heavy atom. The van der Waals surface area contributed by atoms with Crippen LogP contribution in [0.3, 0.4) is 0 Å². The van der Waals surface area contributed by atoms with Gasteiger partial charge in [0.05, 0.1) is 11.0 Å².